The van der Waals surface area contributed by atoms with Crippen LogP contribution in [0.5, 0.6) is 23.0 Å². The number of fused-ring (bicyclic) bond motifs is 4. The van der Waals surface area contributed by atoms with E-state index < -0.39 is 259 Å². The SMILES string of the molecule is COCC1OC(OC2OCC3OC4(OCC(OC(=O)c5c(C)cc(O)cc5O)C5OCOC54)OC3C2O)C(OC)C(O)C1OC1OC(C)C(OC)C(OC2OC(C)C3OC4(CC(O)C(OC5CC(OC6CC(C)([NH+]([O-])O)C(OC)C(C)O6)C(OC(=O)c6c(C)cc(O)c(Cl)c6O)C(C)O5)C(C)O4)OC3(C)C2O)C1O. The number of halogens is 1. The fraction of sp³-hybridized carbons (Fsp3) is 0.797. The number of methoxy groups -OCH3 is 4. The summed E-state index contributed by atoms with van der Waals surface area (Å²) in [5.74, 6) is -8.03. The van der Waals surface area contributed by atoms with E-state index in [4.69, 9.17) is 130 Å². The predicted molar refractivity (Wildman–Crippen MR) is 352 cm³/mol. The third-order valence-corrected chi connectivity index (χ3v) is 22.6. The van der Waals surface area contributed by atoms with Gasteiger partial charge in [0.25, 0.3) is 5.97 Å². The summed E-state index contributed by atoms with van der Waals surface area (Å²) in [6, 6.07) is 3.46. The minimum atomic E-state index is -2.06. The molecular weight excluding hydrogens is 1490 g/mol. The Hall–Kier alpha value is -4.37. The molecule has 2 aromatic rings. The number of nitrogens with one attached hydrogen (secondary N) is 1. The smallest absolute Gasteiger partial charge is 0.342 e. The van der Waals surface area contributed by atoms with Crippen LogP contribution in [0.1, 0.15) is 99.6 Å². The monoisotopic (exact) mass is 1580 g/mol. The normalized spacial score (nSPS) is 46.6. The van der Waals surface area contributed by atoms with Gasteiger partial charge in [-0.3, -0.25) is 0 Å². The Morgan fingerprint density at radius 3 is 1.97 bits per heavy atom. The van der Waals surface area contributed by atoms with E-state index in [9.17, 15) is 66.0 Å². The Kier molecular flexibility index (Phi) is 24.5. The van der Waals surface area contributed by atoms with Gasteiger partial charge in [-0.1, -0.05) is 11.6 Å². The first-order chi connectivity index (χ1) is 51.6. The molecule has 109 heavy (non-hydrogen) atoms. The Labute approximate surface area is 629 Å². The number of aliphatic hydroxyl groups is 5. The lowest BCUT2D eigenvalue weighted by Crippen LogP contribution is -3.16. The van der Waals surface area contributed by atoms with Gasteiger partial charge < -0.3 is 170 Å². The number of carbonyl (C=O) groups is 2. The first-order valence-electron chi connectivity index (χ1n) is 35.9. The average molecular weight is 1580 g/mol. The minimum Gasteiger partial charge on any atom is -0.600 e. The summed E-state index contributed by atoms with van der Waals surface area (Å²) in [6.07, 6.45) is -40.4. The molecule has 13 rings (SSSR count). The van der Waals surface area contributed by atoms with Crippen molar-refractivity contribution < 1.29 is 184 Å². The van der Waals surface area contributed by atoms with E-state index in [1.165, 1.54) is 68.3 Å². The summed E-state index contributed by atoms with van der Waals surface area (Å²) in [6.45, 7) is 12.8. The summed E-state index contributed by atoms with van der Waals surface area (Å²) in [4.78, 5) is 27.3. The maximum absolute atomic E-state index is 14.0. The zero-order chi connectivity index (χ0) is 78.6. The van der Waals surface area contributed by atoms with E-state index >= 15 is 0 Å². The van der Waals surface area contributed by atoms with E-state index in [2.05, 4.69) is 0 Å². The van der Waals surface area contributed by atoms with Crippen LogP contribution in [-0.2, 0) is 118 Å². The van der Waals surface area contributed by atoms with E-state index in [1.54, 1.807) is 34.6 Å². The number of quaternary nitrogens is 1. The largest absolute Gasteiger partial charge is 0.600 e. The van der Waals surface area contributed by atoms with Crippen molar-refractivity contribution in [1.82, 2.24) is 0 Å². The molecule has 0 saturated carbocycles. The zero-order valence-electron chi connectivity index (χ0n) is 61.9. The van der Waals surface area contributed by atoms with Gasteiger partial charge in [-0.15, -0.1) is 0 Å². The first-order valence-corrected chi connectivity index (χ1v) is 36.3. The number of aryl methyl sites for hydroxylation is 2. The van der Waals surface area contributed by atoms with Crippen molar-refractivity contribution in [2.24, 2.45) is 0 Å². The van der Waals surface area contributed by atoms with Crippen molar-refractivity contribution in [3.05, 3.63) is 50.7 Å². The number of ether oxygens (including phenoxy) is 25. The number of benzene rings is 2. The molecule has 0 radical (unpaired) electrons. The topological polar surface area (TPSA) is 495 Å². The van der Waals surface area contributed by atoms with Gasteiger partial charge in [0.15, 0.2) is 67.3 Å². The highest BCUT2D eigenvalue weighted by Crippen LogP contribution is 2.52. The average Bonchev–Trinajstić information content (AvgIpc) is 1.57. The number of hydroxylamine groups is 2. The van der Waals surface area contributed by atoms with E-state index in [0.29, 0.717) is 0 Å². The van der Waals surface area contributed by atoms with Crippen molar-refractivity contribution >= 4 is 23.5 Å². The number of aliphatic hydroxyl groups excluding tert-OH is 5. The lowest BCUT2D eigenvalue weighted by atomic mass is 9.85. The van der Waals surface area contributed by atoms with Crippen LogP contribution in [-0.4, -0.2) is 332 Å². The number of aromatic hydroxyl groups is 4. The first kappa shape index (κ1) is 82.6. The second kappa shape index (κ2) is 32.4. The highest BCUT2D eigenvalue weighted by Gasteiger charge is 2.70. The molecule has 2 aromatic carbocycles. The molecule has 11 N–H and O–H groups in total. The third kappa shape index (κ3) is 15.4. The van der Waals surface area contributed by atoms with Crippen LogP contribution in [0.4, 0.5) is 0 Å². The Morgan fingerprint density at radius 1 is 0.596 bits per heavy atom. The van der Waals surface area contributed by atoms with E-state index in [0.717, 1.165) is 6.07 Å². The number of phenols is 4. The lowest BCUT2D eigenvalue weighted by molar-refractivity contribution is -1.09. The van der Waals surface area contributed by atoms with Crippen molar-refractivity contribution in [2.75, 3.05) is 55.1 Å². The Bertz CT molecular complexity index is 3500. The van der Waals surface area contributed by atoms with Gasteiger partial charge in [-0.05, 0) is 85.6 Å². The maximum Gasteiger partial charge on any atom is 0.342 e. The summed E-state index contributed by atoms with van der Waals surface area (Å²) in [7, 11) is 5.34. The number of carbonyl (C=O) groups excluding carboxylic acids is 2. The highest BCUT2D eigenvalue weighted by atomic mass is 35.5. The second-order valence-corrected chi connectivity index (χ2v) is 30.1. The van der Waals surface area contributed by atoms with Gasteiger partial charge >= 0.3 is 17.9 Å². The van der Waals surface area contributed by atoms with Crippen LogP contribution in [0.3, 0.4) is 0 Å². The van der Waals surface area contributed by atoms with E-state index in [-0.39, 0.29) is 67.5 Å². The minimum absolute atomic E-state index is 0.125. The molecule has 11 aliphatic heterocycles. The second-order valence-electron chi connectivity index (χ2n) is 29.7. The molecule has 40 heteroatoms. The number of hydrogen-bond donors (Lipinski definition) is 11. The fourth-order valence-corrected chi connectivity index (χ4v) is 17.0. The van der Waals surface area contributed by atoms with Crippen LogP contribution in [0.15, 0.2) is 18.2 Å². The molecular formula is C69H98ClNO38. The summed E-state index contributed by atoms with van der Waals surface area (Å²) >= 11 is 6.13. The molecule has 36 atom stereocenters. The molecule has 11 fully saturated rings. The highest BCUT2D eigenvalue weighted by molar-refractivity contribution is 6.34. The Morgan fingerprint density at radius 2 is 1.28 bits per heavy atom. The van der Waals surface area contributed by atoms with Gasteiger partial charge in [0, 0.05) is 40.9 Å². The maximum atomic E-state index is 14.0. The predicted octanol–water partition coefficient (Wildman–Crippen LogP) is -1.20. The molecule has 0 aliphatic carbocycles. The number of hydrogen-bond acceptors (Lipinski definition) is 38. The summed E-state index contributed by atoms with van der Waals surface area (Å²) < 4.78 is 154. The van der Waals surface area contributed by atoms with Crippen LogP contribution >= 0.6 is 11.6 Å². The molecule has 11 aliphatic rings. The number of esters is 2. The molecule has 11 heterocycles. The molecule has 11 saturated heterocycles. The Balaban J connectivity index is 0.641. The van der Waals surface area contributed by atoms with Crippen molar-refractivity contribution in [3.8, 4) is 23.0 Å². The van der Waals surface area contributed by atoms with Gasteiger partial charge in [-0.2, -0.15) is 0 Å². The van der Waals surface area contributed by atoms with Crippen molar-refractivity contribution in [2.45, 2.75) is 295 Å². The molecule has 2 spiro atoms. The fourth-order valence-electron chi connectivity index (χ4n) is 16.9. The molecule has 39 nitrogen and oxygen atoms in total. The molecule has 0 aromatic heterocycles. The third-order valence-electron chi connectivity index (χ3n) is 22.3. The summed E-state index contributed by atoms with van der Waals surface area (Å²) in [5, 5.41) is 124. The van der Waals surface area contributed by atoms with Crippen LogP contribution in [0, 0.1) is 19.1 Å². The van der Waals surface area contributed by atoms with Gasteiger partial charge in [-0.25, -0.2) is 20.0 Å². The standard InChI is InChI=1S/C69H98ClNO38/c1-24-14-31(72)16-32(73)41(24)60(81)98-37-22-92-69(59-53(37)90-23-91-59)106-38-21-89-62(46(78)52(38)107-69)104-64-55(87-12)45(77)51(36(99-64)20-85-10)102-63-47(79)54(50(86-11)27(4)95-63)103-65-56(80)67(9)58(30(7)96-65)108-68(109-67)18-34(75)48(28(5)105-68)100-39-17-35(97-40-19-66(8,71(83)84)57(88-13)29(6)94-40)49(26(3)93-39)101-61(82)42-25(2)15-33(74)43(70)44(42)76/h14-16,26-30,34-40,45-59,62-65,71-80,83H,17-23H2,1-13H3. The van der Waals surface area contributed by atoms with Crippen molar-refractivity contribution in [1.29, 1.82) is 0 Å². The van der Waals surface area contributed by atoms with Crippen LogP contribution in [0.2, 0.25) is 5.02 Å². The van der Waals surface area contributed by atoms with Crippen LogP contribution in [0.25, 0.3) is 0 Å². The molecule has 614 valence electrons. The number of rotatable bonds is 20. The van der Waals surface area contributed by atoms with Gasteiger partial charge in [0.05, 0.1) is 69.3 Å². The van der Waals surface area contributed by atoms with Crippen molar-refractivity contribution in [3.63, 3.8) is 0 Å². The molecule has 0 bridgehead atoms. The zero-order valence-corrected chi connectivity index (χ0v) is 62.6. The lowest BCUT2D eigenvalue weighted by Gasteiger charge is -2.50. The van der Waals surface area contributed by atoms with Gasteiger partial charge in [0.1, 0.15) is 143 Å². The molecule has 0 amide bonds. The van der Waals surface area contributed by atoms with Crippen LogP contribution < -0.4 is 5.23 Å². The quantitative estimate of drug-likeness (QED) is 0.0548. The number of phenolic OH excluding ortho intramolecular Hbond substituents is 4. The van der Waals surface area contributed by atoms with E-state index in [1.807, 2.05) is 0 Å². The van der Waals surface area contributed by atoms with Gasteiger partial charge in [0.2, 0.25) is 0 Å². The molecule has 36 unspecified atom stereocenters. The summed E-state index contributed by atoms with van der Waals surface area (Å²) in [5.41, 5.74) is -3.41.